The fourth-order valence-electron chi connectivity index (χ4n) is 4.96. The third kappa shape index (κ3) is 13.9. The van der Waals surface area contributed by atoms with Crippen molar-refractivity contribution in [2.45, 2.75) is 130 Å². The summed E-state index contributed by atoms with van der Waals surface area (Å²) in [5.74, 6) is -2.14. The lowest BCUT2D eigenvalue weighted by molar-refractivity contribution is -0.179. The monoisotopic (exact) mass is 845 g/mol. The van der Waals surface area contributed by atoms with Gasteiger partial charge in [-0.05, 0) is 68.2 Å². The summed E-state index contributed by atoms with van der Waals surface area (Å²) in [4.78, 5) is 79.1. The van der Waals surface area contributed by atoms with E-state index in [0.717, 1.165) is 37.4 Å². The Morgan fingerprint density at radius 3 is 2.22 bits per heavy atom. The van der Waals surface area contributed by atoms with Gasteiger partial charge >= 0.3 is 18.0 Å². The number of thioether (sulfide) groups is 1. The van der Waals surface area contributed by atoms with E-state index in [1.165, 1.54) is 26.1 Å². The molecule has 3 amide bonds. The highest BCUT2D eigenvalue weighted by atomic mass is 32.2. The molecule has 19 nitrogen and oxygen atoms in total. The molecule has 3 N–H and O–H groups in total. The molecule has 0 radical (unpaired) electrons. The summed E-state index contributed by atoms with van der Waals surface area (Å²) in [7, 11) is 0. The first-order valence-corrected chi connectivity index (χ1v) is 20.4. The number of aromatic nitrogens is 2. The number of pyridine rings is 1. The lowest BCUT2D eigenvalue weighted by atomic mass is 9.99. The lowest BCUT2D eigenvalue weighted by Gasteiger charge is -2.36. The Morgan fingerprint density at radius 2 is 1.59 bits per heavy atom. The van der Waals surface area contributed by atoms with Gasteiger partial charge in [0, 0.05) is 17.9 Å². The highest BCUT2D eigenvalue weighted by Crippen LogP contribution is 2.31. The molecule has 20 heteroatoms. The summed E-state index contributed by atoms with van der Waals surface area (Å²) in [5, 5.41) is 15.9. The van der Waals surface area contributed by atoms with Crippen LogP contribution in [0.4, 0.5) is 4.79 Å². The van der Waals surface area contributed by atoms with Crippen molar-refractivity contribution < 1.29 is 57.0 Å². The van der Waals surface area contributed by atoms with Gasteiger partial charge in [0.15, 0.2) is 22.4 Å². The number of carbonyl (C=O) groups is 5. The molecule has 1 fully saturated rings. The molecule has 2 aliphatic heterocycles. The number of esters is 2. The molecule has 4 rings (SSSR count). The van der Waals surface area contributed by atoms with Crippen molar-refractivity contribution in [3.05, 3.63) is 24.1 Å². The molecule has 0 spiro atoms. The largest absolute Gasteiger partial charge is 0.490 e. The molecule has 1 saturated heterocycles. The Hall–Kier alpha value is -5.40. The maximum absolute atomic E-state index is 13.8. The number of β-lactam (4-membered cyclic amide) rings is 1. The van der Waals surface area contributed by atoms with E-state index in [9.17, 15) is 24.0 Å². The van der Waals surface area contributed by atoms with E-state index in [1.54, 1.807) is 47.6 Å². The summed E-state index contributed by atoms with van der Waals surface area (Å²) in [6.07, 6.45) is 4.42. The number of nitrogens with zero attached hydrogens (tertiary/aromatic N) is 4. The lowest BCUT2D eigenvalue weighted by Crippen LogP contribution is -2.71. The number of amidine groups is 1. The third-order valence-corrected chi connectivity index (χ3v) is 9.04. The van der Waals surface area contributed by atoms with Crippen LogP contribution in [0, 0.1) is 0 Å². The Morgan fingerprint density at radius 1 is 0.932 bits per heavy atom. The standard InChI is InChI=1S/C39H55N7O12S/c1-11-13-15-52-26-17-22(40-19-28(26)53-16-14-12-2)23-18-27(57-45-23)33(49)54-20-24-29(31(47)41-24)43-32(48)30(46-58-39(9,10)34(50)55-37(3,4)5)25-21-59-35(42-25)44-36(51)56-38(6,7)8/h17-19,24-25,29H,11-16,20-21H2,1-10H3,(H,41,47)(H,43,48)(H,42,44,51)/b46-30-/t24-,25?,29+/m1/s1. The minimum Gasteiger partial charge on any atom is -0.490 e. The van der Waals surface area contributed by atoms with E-state index in [4.69, 9.17) is 33.0 Å². The van der Waals surface area contributed by atoms with Crippen molar-refractivity contribution in [2.24, 2.45) is 10.1 Å². The zero-order chi connectivity index (χ0) is 43.5. The maximum Gasteiger partial charge on any atom is 0.413 e. The molecule has 0 bridgehead atoms. The highest BCUT2D eigenvalue weighted by molar-refractivity contribution is 8.14. The summed E-state index contributed by atoms with van der Waals surface area (Å²) >= 11 is 1.12. The molecule has 4 heterocycles. The fraction of sp³-hybridized carbons (Fsp3) is 0.615. The van der Waals surface area contributed by atoms with Crippen molar-refractivity contribution in [3.8, 4) is 22.9 Å². The number of unbranched alkanes of at least 4 members (excludes halogenated alkanes) is 2. The number of nitrogens with one attached hydrogen (secondary N) is 3. The smallest absolute Gasteiger partial charge is 0.413 e. The van der Waals surface area contributed by atoms with Crippen molar-refractivity contribution in [3.63, 3.8) is 0 Å². The van der Waals surface area contributed by atoms with Gasteiger partial charge in [0.25, 0.3) is 5.91 Å². The molecule has 324 valence electrons. The molecular formula is C39H55N7O12S. The van der Waals surface area contributed by atoms with Crippen molar-refractivity contribution >= 4 is 52.5 Å². The van der Waals surface area contributed by atoms with E-state index >= 15 is 0 Å². The normalized spacial score (nSPS) is 18.1. The highest BCUT2D eigenvalue weighted by Gasteiger charge is 2.44. The van der Waals surface area contributed by atoms with Gasteiger partial charge in [0.1, 0.15) is 35.6 Å². The molecule has 2 aromatic rings. The summed E-state index contributed by atoms with van der Waals surface area (Å²) in [6, 6.07) is 0.0577. The van der Waals surface area contributed by atoms with Gasteiger partial charge in [0.05, 0.1) is 31.1 Å². The summed E-state index contributed by atoms with van der Waals surface area (Å²) in [6.45, 7) is 17.8. The van der Waals surface area contributed by atoms with Crippen LogP contribution in [-0.4, -0.2) is 111 Å². The Balaban J connectivity index is 1.44. The van der Waals surface area contributed by atoms with Crippen LogP contribution < -0.4 is 25.4 Å². The average molecular weight is 846 g/mol. The van der Waals surface area contributed by atoms with E-state index in [2.05, 4.69) is 50.1 Å². The minimum absolute atomic E-state index is 0.143. The van der Waals surface area contributed by atoms with Gasteiger partial charge < -0.3 is 43.7 Å². The molecule has 3 atom stereocenters. The Kier molecular flexibility index (Phi) is 15.7. The fourth-order valence-corrected chi connectivity index (χ4v) is 5.86. The minimum atomic E-state index is -1.64. The molecule has 0 saturated carbocycles. The topological polar surface area (TPSA) is 240 Å². The van der Waals surface area contributed by atoms with E-state index in [-0.39, 0.29) is 34.7 Å². The second-order valence-corrected chi connectivity index (χ2v) is 17.1. The first-order valence-electron chi connectivity index (χ1n) is 19.4. The van der Waals surface area contributed by atoms with Crippen molar-refractivity contribution in [1.29, 1.82) is 0 Å². The summed E-state index contributed by atoms with van der Waals surface area (Å²) in [5.41, 5.74) is -2.90. The molecule has 2 aromatic heterocycles. The number of hydrogen-bond acceptors (Lipinski definition) is 17. The zero-order valence-electron chi connectivity index (χ0n) is 35.2. The molecule has 59 heavy (non-hydrogen) atoms. The van der Waals surface area contributed by atoms with Crippen molar-refractivity contribution in [1.82, 2.24) is 26.1 Å². The first-order chi connectivity index (χ1) is 27.7. The van der Waals surface area contributed by atoms with Crippen LogP contribution in [0.25, 0.3) is 11.4 Å². The zero-order valence-corrected chi connectivity index (χ0v) is 36.0. The number of alkyl carbamates (subject to hydrolysis) is 1. The van der Waals surface area contributed by atoms with Gasteiger partial charge in [-0.2, -0.15) is 0 Å². The summed E-state index contributed by atoms with van der Waals surface area (Å²) < 4.78 is 33.2. The van der Waals surface area contributed by atoms with Crippen LogP contribution in [0.15, 0.2) is 33.0 Å². The Bertz CT molecular complexity index is 1900. The predicted octanol–water partition coefficient (Wildman–Crippen LogP) is 4.72. The van der Waals surface area contributed by atoms with Crippen molar-refractivity contribution in [2.75, 3.05) is 25.6 Å². The van der Waals surface area contributed by atoms with Crippen LogP contribution >= 0.6 is 11.8 Å². The van der Waals surface area contributed by atoms with Crippen LogP contribution in [0.3, 0.4) is 0 Å². The second-order valence-electron chi connectivity index (χ2n) is 16.1. The van der Waals surface area contributed by atoms with Gasteiger partial charge in [-0.15, -0.1) is 0 Å². The van der Waals surface area contributed by atoms with Gasteiger partial charge in [0.2, 0.25) is 17.3 Å². The average Bonchev–Trinajstić information content (AvgIpc) is 3.82. The predicted molar refractivity (Wildman–Crippen MR) is 216 cm³/mol. The van der Waals surface area contributed by atoms with Gasteiger partial charge in [-0.25, -0.2) is 14.4 Å². The third-order valence-electron chi connectivity index (χ3n) is 8.08. The number of oxime groups is 1. The molecule has 0 aromatic carbocycles. The number of carbonyl (C=O) groups excluding carboxylic acids is 5. The first kappa shape index (κ1) is 46.3. The van der Waals surface area contributed by atoms with Crippen LogP contribution in [0.5, 0.6) is 11.5 Å². The number of aliphatic imine (C=N–C) groups is 1. The molecule has 2 aliphatic rings. The van der Waals surface area contributed by atoms with E-state index in [1.807, 2.05) is 0 Å². The number of hydrogen-bond donors (Lipinski definition) is 3. The molecule has 0 aliphatic carbocycles. The van der Waals surface area contributed by atoms with Crippen LogP contribution in [0.2, 0.25) is 0 Å². The SMILES string of the molecule is CCCCOc1cnc(-c2cc(C(=O)OC[C@H]3NC(=O)[C@H]3NC(=O)/C(=N\OC(C)(C)C(=O)OC(C)(C)C)C3CSC(NC(=O)OC(C)(C)C)=N3)on2)cc1OCCCC. The molecular weight excluding hydrogens is 791 g/mol. The van der Waals surface area contributed by atoms with Gasteiger partial charge in [-0.1, -0.05) is 48.8 Å². The van der Waals surface area contributed by atoms with E-state index in [0.29, 0.717) is 30.4 Å². The molecule has 1 unspecified atom stereocenters. The van der Waals surface area contributed by atoms with Gasteiger partial charge in [-0.3, -0.25) is 24.9 Å². The van der Waals surface area contributed by atoms with E-state index < -0.39 is 64.8 Å². The van der Waals surface area contributed by atoms with Crippen LogP contribution in [0.1, 0.15) is 105 Å². The second kappa shape index (κ2) is 20.0. The number of rotatable bonds is 18. The maximum atomic E-state index is 13.8. The number of amides is 3. The number of ether oxygens (including phenoxy) is 5. The Labute approximate surface area is 347 Å². The quantitative estimate of drug-likeness (QED) is 0.0459. The van der Waals surface area contributed by atoms with Crippen LogP contribution in [-0.2, 0) is 33.4 Å².